The Kier molecular flexibility index (Phi) is 3.10. The minimum atomic E-state index is -0.0714. The van der Waals surface area contributed by atoms with E-state index in [4.69, 9.17) is 15.2 Å². The Morgan fingerprint density at radius 1 is 1.44 bits per heavy atom. The summed E-state index contributed by atoms with van der Waals surface area (Å²) >= 11 is 0. The molecular formula is C12H15NO3. The fourth-order valence-electron chi connectivity index (χ4n) is 1.57. The van der Waals surface area contributed by atoms with Gasteiger partial charge in [0.1, 0.15) is 0 Å². The summed E-state index contributed by atoms with van der Waals surface area (Å²) < 4.78 is 10.4. The molecule has 0 spiro atoms. The zero-order chi connectivity index (χ0) is 11.5. The lowest BCUT2D eigenvalue weighted by Crippen LogP contribution is -2.22. The van der Waals surface area contributed by atoms with Gasteiger partial charge in [0.05, 0.1) is 0 Å². The van der Waals surface area contributed by atoms with E-state index in [1.165, 1.54) is 0 Å². The van der Waals surface area contributed by atoms with Crippen LogP contribution in [0, 0.1) is 0 Å². The number of nitrogens with two attached hydrogens (primary N) is 1. The van der Waals surface area contributed by atoms with E-state index in [-0.39, 0.29) is 18.6 Å². The topological polar surface area (TPSA) is 61.6 Å². The molecular weight excluding hydrogens is 206 g/mol. The Balaban J connectivity index is 2.12. The van der Waals surface area contributed by atoms with Crippen LogP contribution in [-0.4, -0.2) is 18.6 Å². The Bertz CT molecular complexity index is 403. The van der Waals surface area contributed by atoms with Gasteiger partial charge in [-0.25, -0.2) is 0 Å². The molecule has 16 heavy (non-hydrogen) atoms. The number of Topliss-reactive ketones (excluding diaryl/α,β-unsaturated/α-hetero) is 1. The highest BCUT2D eigenvalue weighted by atomic mass is 16.7. The highest BCUT2D eigenvalue weighted by Gasteiger charge is 2.17. The molecule has 0 aliphatic carbocycles. The van der Waals surface area contributed by atoms with E-state index < -0.39 is 0 Å². The molecule has 0 radical (unpaired) electrons. The van der Waals surface area contributed by atoms with Crippen LogP contribution in [0.2, 0.25) is 0 Å². The number of ketones is 1. The first-order chi connectivity index (χ1) is 7.70. The lowest BCUT2D eigenvalue weighted by atomic mass is 10.0. The summed E-state index contributed by atoms with van der Waals surface area (Å²) in [6.45, 7) is 2.19. The molecule has 2 rings (SSSR count). The molecule has 1 aliphatic rings. The third-order valence-electron chi connectivity index (χ3n) is 2.67. The predicted octanol–water partition coefficient (Wildman–Crippen LogP) is 1.73. The predicted molar refractivity (Wildman–Crippen MR) is 59.8 cm³/mol. The number of carbonyl (C=O) groups is 1. The molecule has 0 saturated heterocycles. The summed E-state index contributed by atoms with van der Waals surface area (Å²) in [6, 6.07) is 5.15. The van der Waals surface area contributed by atoms with Gasteiger partial charge in [-0.1, -0.05) is 6.92 Å². The molecule has 0 saturated carbocycles. The molecule has 0 aromatic heterocycles. The molecule has 86 valence electrons. The van der Waals surface area contributed by atoms with Crippen LogP contribution in [0.3, 0.4) is 0 Å². The van der Waals surface area contributed by atoms with E-state index in [9.17, 15) is 4.79 Å². The summed E-state index contributed by atoms with van der Waals surface area (Å²) in [5.74, 6) is 1.37. The molecule has 1 aliphatic heterocycles. The van der Waals surface area contributed by atoms with Crippen molar-refractivity contribution >= 4 is 5.78 Å². The number of hydrogen-bond donors (Lipinski definition) is 1. The van der Waals surface area contributed by atoms with Crippen molar-refractivity contribution < 1.29 is 14.3 Å². The molecule has 1 aromatic rings. The van der Waals surface area contributed by atoms with Crippen LogP contribution in [-0.2, 0) is 0 Å². The Labute approximate surface area is 94.3 Å². The van der Waals surface area contributed by atoms with Gasteiger partial charge in [0.15, 0.2) is 17.3 Å². The van der Waals surface area contributed by atoms with Gasteiger partial charge in [-0.15, -0.1) is 0 Å². The van der Waals surface area contributed by atoms with Crippen LogP contribution < -0.4 is 15.2 Å². The highest BCUT2D eigenvalue weighted by Crippen LogP contribution is 2.32. The van der Waals surface area contributed by atoms with E-state index in [0.717, 1.165) is 6.42 Å². The molecule has 0 bridgehead atoms. The largest absolute Gasteiger partial charge is 0.454 e. The first-order valence-corrected chi connectivity index (χ1v) is 5.39. The molecule has 1 aromatic carbocycles. The zero-order valence-corrected chi connectivity index (χ0v) is 9.23. The number of fused-ring (bicyclic) bond motifs is 1. The van der Waals surface area contributed by atoms with Crippen molar-refractivity contribution in [3.63, 3.8) is 0 Å². The average molecular weight is 221 g/mol. The van der Waals surface area contributed by atoms with E-state index in [1.807, 2.05) is 6.92 Å². The number of benzene rings is 1. The van der Waals surface area contributed by atoms with Gasteiger partial charge in [0.2, 0.25) is 6.79 Å². The molecule has 4 heteroatoms. The number of rotatable bonds is 4. The fraction of sp³-hybridized carbons (Fsp3) is 0.417. The minimum Gasteiger partial charge on any atom is -0.454 e. The maximum Gasteiger partial charge on any atom is 0.231 e. The minimum absolute atomic E-state index is 0.0488. The van der Waals surface area contributed by atoms with E-state index >= 15 is 0 Å². The monoisotopic (exact) mass is 221 g/mol. The lowest BCUT2D eigenvalue weighted by Gasteiger charge is -2.07. The van der Waals surface area contributed by atoms with Crippen molar-refractivity contribution in [2.24, 2.45) is 5.73 Å². The molecule has 4 nitrogen and oxygen atoms in total. The fourth-order valence-corrected chi connectivity index (χ4v) is 1.57. The van der Waals surface area contributed by atoms with Gasteiger partial charge < -0.3 is 15.2 Å². The second-order valence-corrected chi connectivity index (χ2v) is 3.86. The van der Waals surface area contributed by atoms with E-state index in [0.29, 0.717) is 23.5 Å². The SMILES string of the molecule is CCC(N)CC(=O)c1ccc2c(c1)OCO2. The quantitative estimate of drug-likeness (QED) is 0.786. The standard InChI is InChI=1S/C12H15NO3/c1-2-9(13)6-10(14)8-3-4-11-12(5-8)16-7-15-11/h3-5,9H,2,6-7,13H2,1H3. The van der Waals surface area contributed by atoms with Crippen molar-refractivity contribution in [3.8, 4) is 11.5 Å². The van der Waals surface area contributed by atoms with Crippen LogP contribution in [0.25, 0.3) is 0 Å². The second kappa shape index (κ2) is 4.53. The summed E-state index contributed by atoms with van der Waals surface area (Å²) in [5.41, 5.74) is 6.38. The average Bonchev–Trinajstić information content (AvgIpc) is 2.75. The molecule has 0 fully saturated rings. The van der Waals surface area contributed by atoms with Gasteiger partial charge in [-0.2, -0.15) is 0 Å². The van der Waals surface area contributed by atoms with E-state index in [2.05, 4.69) is 0 Å². The van der Waals surface area contributed by atoms with Crippen LogP contribution in [0.15, 0.2) is 18.2 Å². The molecule has 0 amide bonds. The van der Waals surface area contributed by atoms with Gasteiger partial charge in [-0.05, 0) is 24.6 Å². The van der Waals surface area contributed by atoms with E-state index in [1.54, 1.807) is 18.2 Å². The summed E-state index contributed by atoms with van der Waals surface area (Å²) in [5, 5.41) is 0. The van der Waals surface area contributed by atoms with Crippen LogP contribution in [0.4, 0.5) is 0 Å². The second-order valence-electron chi connectivity index (χ2n) is 3.86. The van der Waals surface area contributed by atoms with Gasteiger partial charge in [0.25, 0.3) is 0 Å². The summed E-state index contributed by atoms with van der Waals surface area (Å²) in [7, 11) is 0. The zero-order valence-electron chi connectivity index (χ0n) is 9.23. The Morgan fingerprint density at radius 2 is 2.19 bits per heavy atom. The van der Waals surface area contributed by atoms with Crippen molar-refractivity contribution in [2.75, 3.05) is 6.79 Å². The first-order valence-electron chi connectivity index (χ1n) is 5.39. The lowest BCUT2D eigenvalue weighted by molar-refractivity contribution is 0.0973. The first kappa shape index (κ1) is 11.0. The van der Waals surface area contributed by atoms with Crippen LogP contribution in [0.5, 0.6) is 11.5 Å². The van der Waals surface area contributed by atoms with Crippen LogP contribution in [0.1, 0.15) is 30.1 Å². The molecule has 1 atom stereocenters. The maximum absolute atomic E-state index is 11.8. The van der Waals surface area contributed by atoms with Gasteiger partial charge in [0, 0.05) is 18.0 Å². The van der Waals surface area contributed by atoms with Crippen molar-refractivity contribution in [1.29, 1.82) is 0 Å². The highest BCUT2D eigenvalue weighted by molar-refractivity contribution is 5.97. The third-order valence-corrected chi connectivity index (χ3v) is 2.67. The Morgan fingerprint density at radius 3 is 2.94 bits per heavy atom. The number of carbonyl (C=O) groups excluding carboxylic acids is 1. The Hall–Kier alpha value is -1.55. The molecule has 1 heterocycles. The van der Waals surface area contributed by atoms with Gasteiger partial charge in [-0.3, -0.25) is 4.79 Å². The third kappa shape index (κ3) is 2.17. The van der Waals surface area contributed by atoms with Crippen LogP contribution >= 0.6 is 0 Å². The molecule has 1 unspecified atom stereocenters. The molecule has 2 N–H and O–H groups in total. The summed E-state index contributed by atoms with van der Waals surface area (Å²) in [4.78, 5) is 11.8. The smallest absolute Gasteiger partial charge is 0.231 e. The van der Waals surface area contributed by atoms with Crippen molar-refractivity contribution in [1.82, 2.24) is 0 Å². The normalized spacial score (nSPS) is 14.9. The van der Waals surface area contributed by atoms with Gasteiger partial charge >= 0.3 is 0 Å². The summed E-state index contributed by atoms with van der Waals surface area (Å²) in [6.07, 6.45) is 1.17. The van der Waals surface area contributed by atoms with Crippen molar-refractivity contribution in [3.05, 3.63) is 23.8 Å². The number of hydrogen-bond acceptors (Lipinski definition) is 4. The maximum atomic E-state index is 11.8. The number of ether oxygens (including phenoxy) is 2. The van der Waals surface area contributed by atoms with Crippen molar-refractivity contribution in [2.45, 2.75) is 25.8 Å².